The fourth-order valence-electron chi connectivity index (χ4n) is 6.75. The molecule has 1 spiro atoms. The highest BCUT2D eigenvalue weighted by molar-refractivity contribution is 9.09. The van der Waals surface area contributed by atoms with Crippen molar-refractivity contribution in [1.82, 2.24) is 4.90 Å². The number of amides is 2. The molecule has 2 N–H and O–H groups in total. The summed E-state index contributed by atoms with van der Waals surface area (Å²) in [6.07, 6.45) is 1.51. The molecule has 2 aromatic rings. The molecule has 2 aromatic carbocycles. The van der Waals surface area contributed by atoms with Gasteiger partial charge >= 0.3 is 5.97 Å². The number of fused-ring (bicyclic) bond motifs is 1. The molecule has 39 heavy (non-hydrogen) atoms. The number of carbonyl (C=O) groups excluding carboxylic acids is 2. The van der Waals surface area contributed by atoms with Gasteiger partial charge in [0.1, 0.15) is 11.6 Å². The van der Waals surface area contributed by atoms with Crippen molar-refractivity contribution in [3.8, 4) is 0 Å². The van der Waals surface area contributed by atoms with E-state index in [9.17, 15) is 24.6 Å². The quantitative estimate of drug-likeness (QED) is 0.340. The number of likely N-dealkylation sites (tertiary alicyclic amines) is 1. The van der Waals surface area contributed by atoms with Crippen LogP contribution in [0.1, 0.15) is 23.1 Å². The molecule has 1 unspecified atom stereocenters. The van der Waals surface area contributed by atoms with Gasteiger partial charge in [-0.1, -0.05) is 64.5 Å². The van der Waals surface area contributed by atoms with Gasteiger partial charge in [-0.05, 0) is 49.4 Å². The van der Waals surface area contributed by atoms with Crippen LogP contribution < -0.4 is 4.90 Å². The number of aliphatic hydroxyl groups is 1. The molecule has 0 aromatic heterocycles. The Hall–Kier alpha value is -3.01. The third kappa shape index (κ3) is 4.40. The monoisotopic (exact) mass is 596 g/mol. The first-order valence-electron chi connectivity index (χ1n) is 13.2. The maximum Gasteiger partial charge on any atom is 0.310 e. The summed E-state index contributed by atoms with van der Waals surface area (Å²) in [4.78, 5) is 44.0. The Morgan fingerprint density at radius 3 is 2.62 bits per heavy atom. The number of aryl methyl sites for hydroxylation is 2. The predicted molar refractivity (Wildman–Crippen MR) is 150 cm³/mol. The Morgan fingerprint density at radius 2 is 1.97 bits per heavy atom. The van der Waals surface area contributed by atoms with E-state index in [4.69, 9.17) is 4.74 Å². The number of aliphatic carboxylic acids is 1. The minimum Gasteiger partial charge on any atom is -0.481 e. The Morgan fingerprint density at radius 1 is 1.26 bits per heavy atom. The smallest absolute Gasteiger partial charge is 0.310 e. The zero-order chi connectivity index (χ0) is 28.1. The molecule has 3 heterocycles. The number of anilines is 1. The van der Waals surface area contributed by atoms with E-state index < -0.39 is 54.1 Å². The van der Waals surface area contributed by atoms with Gasteiger partial charge < -0.3 is 24.7 Å². The van der Waals surface area contributed by atoms with Gasteiger partial charge in [-0.2, -0.15) is 0 Å². The highest BCUT2D eigenvalue weighted by atomic mass is 79.9. The Bertz CT molecular complexity index is 1300. The van der Waals surface area contributed by atoms with E-state index in [0.29, 0.717) is 18.5 Å². The number of aliphatic hydroxyl groups excluding tert-OH is 1. The zero-order valence-electron chi connectivity index (χ0n) is 22.0. The zero-order valence-corrected chi connectivity index (χ0v) is 23.6. The number of ether oxygens (including phenoxy) is 1. The van der Waals surface area contributed by atoms with Crippen molar-refractivity contribution in [2.75, 3.05) is 18.1 Å². The molecule has 0 radical (unpaired) electrons. The van der Waals surface area contributed by atoms with Crippen molar-refractivity contribution in [2.24, 2.45) is 11.8 Å². The van der Waals surface area contributed by atoms with E-state index in [1.165, 1.54) is 4.90 Å². The third-order valence-corrected chi connectivity index (χ3v) is 9.24. The SMILES string of the molecule is C=CCN(C(=O)[C@@H]1N([C@@H](CO)Cc2ccccc2)C(=O)[C@H]2[C@H](C(=O)O)[C@H]3O[C@@]12CC3Br)c1cc(C)ccc1C. The van der Waals surface area contributed by atoms with E-state index in [0.717, 1.165) is 16.7 Å². The van der Waals surface area contributed by atoms with Gasteiger partial charge in [0.2, 0.25) is 5.91 Å². The van der Waals surface area contributed by atoms with Gasteiger partial charge in [-0.3, -0.25) is 14.4 Å². The summed E-state index contributed by atoms with van der Waals surface area (Å²) in [5, 5.41) is 20.7. The Kier molecular flexibility index (Phi) is 7.43. The van der Waals surface area contributed by atoms with E-state index in [-0.39, 0.29) is 17.3 Å². The first kappa shape index (κ1) is 27.6. The van der Waals surface area contributed by atoms with Crippen LogP contribution in [-0.4, -0.2) is 74.7 Å². The molecular formula is C30H33BrN2O6. The molecule has 2 bridgehead atoms. The van der Waals surface area contributed by atoms with Gasteiger partial charge in [0.15, 0.2) is 0 Å². The molecule has 3 aliphatic rings. The van der Waals surface area contributed by atoms with E-state index in [1.54, 1.807) is 11.0 Å². The summed E-state index contributed by atoms with van der Waals surface area (Å²) in [6.45, 7) is 7.51. The fraction of sp³-hybridized carbons (Fsp3) is 0.433. The summed E-state index contributed by atoms with van der Waals surface area (Å²) < 4.78 is 6.42. The summed E-state index contributed by atoms with van der Waals surface area (Å²) in [5.74, 6) is -4.09. The summed E-state index contributed by atoms with van der Waals surface area (Å²) in [7, 11) is 0. The molecule has 0 saturated carbocycles. The van der Waals surface area contributed by atoms with Crippen LogP contribution in [0.5, 0.6) is 0 Å². The van der Waals surface area contributed by atoms with Crippen molar-refractivity contribution in [3.63, 3.8) is 0 Å². The minimum atomic E-state index is -1.34. The third-order valence-electron chi connectivity index (χ3n) is 8.40. The molecule has 0 aliphatic carbocycles. The second-order valence-corrected chi connectivity index (χ2v) is 12.0. The summed E-state index contributed by atoms with van der Waals surface area (Å²) >= 11 is 3.58. The van der Waals surface area contributed by atoms with Crippen LogP contribution in [0.15, 0.2) is 61.2 Å². The highest BCUT2D eigenvalue weighted by Crippen LogP contribution is 2.60. The lowest BCUT2D eigenvalue weighted by Crippen LogP contribution is -2.59. The first-order chi connectivity index (χ1) is 18.6. The Balaban J connectivity index is 1.65. The molecule has 206 valence electrons. The van der Waals surface area contributed by atoms with Crippen LogP contribution in [0.2, 0.25) is 0 Å². The molecule has 9 heteroatoms. The number of nitrogens with zero attached hydrogens (tertiary/aromatic N) is 2. The maximum absolute atomic E-state index is 14.7. The Labute approximate surface area is 236 Å². The molecule has 2 amide bonds. The minimum absolute atomic E-state index is 0.189. The van der Waals surface area contributed by atoms with E-state index >= 15 is 0 Å². The van der Waals surface area contributed by atoms with Crippen LogP contribution in [0.25, 0.3) is 0 Å². The maximum atomic E-state index is 14.7. The lowest BCUT2D eigenvalue weighted by Gasteiger charge is -2.39. The molecule has 3 aliphatic heterocycles. The number of carbonyl (C=O) groups is 3. The average Bonchev–Trinajstić information content (AvgIpc) is 3.51. The highest BCUT2D eigenvalue weighted by Gasteiger charge is 2.77. The largest absolute Gasteiger partial charge is 0.481 e. The number of carboxylic acid groups (broad SMARTS) is 1. The van der Waals surface area contributed by atoms with E-state index in [2.05, 4.69) is 22.5 Å². The molecule has 8 nitrogen and oxygen atoms in total. The lowest BCUT2D eigenvalue weighted by atomic mass is 9.70. The van der Waals surface area contributed by atoms with Crippen LogP contribution in [0.3, 0.4) is 0 Å². The summed E-state index contributed by atoms with van der Waals surface area (Å²) in [6, 6.07) is 13.4. The lowest BCUT2D eigenvalue weighted by molar-refractivity contribution is -0.150. The number of rotatable bonds is 9. The average molecular weight is 598 g/mol. The number of carboxylic acids is 1. The summed E-state index contributed by atoms with van der Waals surface area (Å²) in [5.41, 5.74) is 2.09. The molecular weight excluding hydrogens is 564 g/mol. The van der Waals surface area contributed by atoms with Crippen molar-refractivity contribution in [1.29, 1.82) is 0 Å². The first-order valence-corrected chi connectivity index (χ1v) is 14.1. The number of hydrogen-bond acceptors (Lipinski definition) is 5. The number of hydrogen-bond donors (Lipinski definition) is 2. The van der Waals surface area contributed by atoms with Gasteiger partial charge in [-0.25, -0.2) is 0 Å². The topological polar surface area (TPSA) is 107 Å². The van der Waals surface area contributed by atoms with Crippen molar-refractivity contribution < 1.29 is 29.3 Å². The van der Waals surface area contributed by atoms with Crippen LogP contribution in [0, 0.1) is 25.7 Å². The van der Waals surface area contributed by atoms with Gasteiger partial charge in [0, 0.05) is 17.1 Å². The predicted octanol–water partition coefficient (Wildman–Crippen LogP) is 3.26. The van der Waals surface area contributed by atoms with Gasteiger partial charge in [0.05, 0.1) is 30.6 Å². The molecule has 5 rings (SSSR count). The van der Waals surface area contributed by atoms with Crippen LogP contribution >= 0.6 is 15.9 Å². The van der Waals surface area contributed by atoms with Crippen LogP contribution in [-0.2, 0) is 25.5 Å². The van der Waals surface area contributed by atoms with Gasteiger partial charge in [-0.15, -0.1) is 6.58 Å². The van der Waals surface area contributed by atoms with E-state index in [1.807, 2.05) is 62.4 Å². The van der Waals surface area contributed by atoms with Crippen molar-refractivity contribution in [3.05, 3.63) is 77.9 Å². The van der Waals surface area contributed by atoms with Crippen molar-refractivity contribution >= 4 is 39.4 Å². The van der Waals surface area contributed by atoms with Crippen LogP contribution in [0.4, 0.5) is 5.69 Å². The second-order valence-electron chi connectivity index (χ2n) is 10.8. The normalized spacial score (nSPS) is 29.8. The molecule has 3 fully saturated rings. The molecule has 3 saturated heterocycles. The number of benzene rings is 2. The molecule has 7 atom stereocenters. The number of halogens is 1. The number of alkyl halides is 1. The van der Waals surface area contributed by atoms with Gasteiger partial charge in [0.25, 0.3) is 5.91 Å². The van der Waals surface area contributed by atoms with Crippen molar-refractivity contribution in [2.45, 2.75) is 55.3 Å². The fourth-order valence-corrected chi connectivity index (χ4v) is 7.70. The second kappa shape index (κ2) is 10.5. The standard InChI is InChI=1S/C30H33BrN2O6/c1-4-12-32(22-13-17(2)10-11-18(22)3)28(36)26-30-15-21(31)25(39-30)23(29(37)38)24(30)27(35)33(26)20(16-34)14-19-8-6-5-7-9-19/h4-11,13,20-21,23-26,34H,1,12,14-16H2,2-3H3,(H,37,38)/t20-,21?,23+,24-,25+,26+,30-/m1/s1.